The predicted octanol–water partition coefficient (Wildman–Crippen LogP) is 5.47. The molecule has 1 aromatic carbocycles. The van der Waals surface area contributed by atoms with Crippen molar-refractivity contribution in [2.45, 2.75) is 51.0 Å². The Bertz CT molecular complexity index is 1060. The van der Waals surface area contributed by atoms with E-state index in [0.29, 0.717) is 0 Å². The fourth-order valence-corrected chi connectivity index (χ4v) is 5.59. The summed E-state index contributed by atoms with van der Waals surface area (Å²) >= 11 is 5.63. The molecule has 3 heterocycles. The maximum Gasteiger partial charge on any atom is 0.296 e. The number of pyridine rings is 1. The van der Waals surface area contributed by atoms with E-state index in [4.69, 9.17) is 12.2 Å². The molecule has 0 fully saturated rings. The summed E-state index contributed by atoms with van der Waals surface area (Å²) in [4.78, 5) is 0. The highest BCUT2D eigenvalue weighted by Crippen LogP contribution is 2.51. The summed E-state index contributed by atoms with van der Waals surface area (Å²) in [5.74, 6) is 0. The largest absolute Gasteiger partial charge is 0.296 e. The Labute approximate surface area is 154 Å². The maximum absolute atomic E-state index is 5.63. The average molecular weight is 350 g/mol. The number of hydrogen-bond donors (Lipinski definition) is 0. The Hall–Kier alpha value is -2.00. The zero-order chi connectivity index (χ0) is 17.8. The average Bonchev–Trinajstić information content (AvgIpc) is 2.66. The van der Waals surface area contributed by atoms with Gasteiger partial charge in [0.2, 0.25) is 4.64 Å². The lowest BCUT2D eigenvalue weighted by molar-refractivity contribution is -0.745. The van der Waals surface area contributed by atoms with Crippen molar-refractivity contribution in [3.8, 4) is 0 Å². The van der Waals surface area contributed by atoms with Crippen LogP contribution in [0.1, 0.15) is 45.6 Å². The van der Waals surface area contributed by atoms with Crippen LogP contribution in [-0.2, 0) is 11.0 Å². The van der Waals surface area contributed by atoms with E-state index < -0.39 is 0 Å². The van der Waals surface area contributed by atoms with Crippen LogP contribution in [0, 0.1) is 4.64 Å². The fraction of sp³-hybridized carbons (Fsp3) is 0.364. The van der Waals surface area contributed by atoms with Crippen molar-refractivity contribution in [3.63, 3.8) is 0 Å². The number of hydrogen-bond acceptors (Lipinski definition) is 1. The van der Waals surface area contributed by atoms with Crippen LogP contribution in [0.3, 0.4) is 0 Å². The SMILES string of the molecule is C=CC1(CC)[n+]2ccc(=S)n3ccc4cccc(c4c32)C1(CC)CC. The van der Waals surface area contributed by atoms with Crippen molar-refractivity contribution in [3.05, 3.63) is 65.6 Å². The molecule has 1 atom stereocenters. The highest BCUT2D eigenvalue weighted by atomic mass is 32.1. The van der Waals surface area contributed by atoms with E-state index in [9.17, 15) is 0 Å². The molecule has 128 valence electrons. The minimum absolute atomic E-state index is 0.0263. The first-order chi connectivity index (χ1) is 12.1. The van der Waals surface area contributed by atoms with Gasteiger partial charge in [-0.1, -0.05) is 45.5 Å². The Balaban J connectivity index is 2.39. The third kappa shape index (κ3) is 1.75. The smallest absolute Gasteiger partial charge is 0.223 e. The molecule has 4 rings (SSSR count). The second kappa shape index (κ2) is 5.50. The second-order valence-corrected chi connectivity index (χ2v) is 7.49. The molecule has 0 saturated carbocycles. The molecule has 0 spiro atoms. The molecule has 0 saturated heterocycles. The molecule has 3 aromatic rings. The van der Waals surface area contributed by atoms with Gasteiger partial charge in [0, 0.05) is 11.5 Å². The van der Waals surface area contributed by atoms with Gasteiger partial charge < -0.3 is 0 Å². The number of allylic oxidation sites excluding steroid dienone is 1. The fourth-order valence-electron chi connectivity index (χ4n) is 5.38. The second-order valence-electron chi connectivity index (χ2n) is 7.07. The molecule has 0 N–H and O–H groups in total. The van der Waals surface area contributed by atoms with Crippen LogP contribution < -0.4 is 4.57 Å². The first-order valence-electron chi connectivity index (χ1n) is 9.23. The van der Waals surface area contributed by atoms with E-state index in [1.165, 1.54) is 22.0 Å². The van der Waals surface area contributed by atoms with Crippen LogP contribution in [0.15, 0.2) is 55.4 Å². The van der Waals surface area contributed by atoms with Crippen LogP contribution in [0.4, 0.5) is 0 Å². The summed E-state index contributed by atoms with van der Waals surface area (Å²) in [6, 6.07) is 11.0. The van der Waals surface area contributed by atoms with Gasteiger partial charge in [0.05, 0.1) is 17.8 Å². The van der Waals surface area contributed by atoms with Crippen molar-refractivity contribution in [1.82, 2.24) is 4.40 Å². The highest BCUT2D eigenvalue weighted by molar-refractivity contribution is 7.71. The summed E-state index contributed by atoms with van der Waals surface area (Å²) in [6.07, 6.45) is 9.61. The van der Waals surface area contributed by atoms with E-state index in [2.05, 4.69) is 79.1 Å². The van der Waals surface area contributed by atoms with Gasteiger partial charge in [-0.25, -0.2) is 4.57 Å². The van der Waals surface area contributed by atoms with Crippen LogP contribution in [0.5, 0.6) is 0 Å². The quantitative estimate of drug-likeness (QED) is 0.262. The monoisotopic (exact) mass is 349 g/mol. The number of benzene rings is 1. The third-order valence-corrected chi connectivity index (χ3v) is 6.97. The van der Waals surface area contributed by atoms with Crippen molar-refractivity contribution in [1.29, 1.82) is 0 Å². The van der Waals surface area contributed by atoms with Gasteiger partial charge in [-0.2, -0.15) is 4.40 Å². The summed E-state index contributed by atoms with van der Waals surface area (Å²) in [6.45, 7) is 11.2. The van der Waals surface area contributed by atoms with Crippen LogP contribution in [0.25, 0.3) is 16.4 Å². The topological polar surface area (TPSA) is 8.29 Å². The zero-order valence-corrected chi connectivity index (χ0v) is 16.1. The first kappa shape index (κ1) is 16.5. The van der Waals surface area contributed by atoms with E-state index in [1.54, 1.807) is 0 Å². The van der Waals surface area contributed by atoms with Gasteiger partial charge in [-0.05, 0) is 54.6 Å². The van der Waals surface area contributed by atoms with Crippen molar-refractivity contribution < 1.29 is 4.57 Å². The summed E-state index contributed by atoms with van der Waals surface area (Å²) in [5.41, 5.74) is 2.50. The molecule has 1 aliphatic rings. The normalized spacial score (nSPS) is 21.1. The van der Waals surface area contributed by atoms with Crippen molar-refractivity contribution in [2.24, 2.45) is 0 Å². The van der Waals surface area contributed by atoms with Gasteiger partial charge in [0.1, 0.15) is 5.54 Å². The van der Waals surface area contributed by atoms with Gasteiger partial charge in [0.25, 0.3) is 5.65 Å². The minimum Gasteiger partial charge on any atom is -0.223 e. The predicted molar refractivity (Wildman–Crippen MR) is 107 cm³/mol. The van der Waals surface area contributed by atoms with Gasteiger partial charge in [-0.3, -0.25) is 0 Å². The van der Waals surface area contributed by atoms with Crippen molar-refractivity contribution >= 4 is 28.6 Å². The Morgan fingerprint density at radius 2 is 1.88 bits per heavy atom. The Kier molecular flexibility index (Phi) is 3.62. The van der Waals surface area contributed by atoms with Gasteiger partial charge in [-0.15, -0.1) is 0 Å². The highest BCUT2D eigenvalue weighted by Gasteiger charge is 2.56. The molecular weight excluding hydrogens is 324 g/mol. The molecule has 0 amide bonds. The maximum atomic E-state index is 5.63. The number of nitrogens with zero attached hydrogens (tertiary/aromatic N) is 2. The lowest BCUT2D eigenvalue weighted by Crippen LogP contribution is -2.68. The molecule has 1 unspecified atom stereocenters. The number of rotatable bonds is 4. The molecular formula is C22H25N2S+. The lowest BCUT2D eigenvalue weighted by atomic mass is 9.58. The standard InChI is InChI=1S/C22H25N2S/c1-5-21(6-2)17-11-9-10-16-12-14-23-18(25)13-15-24(20(23)19(16)17)22(21,7-3)8-4/h7,9-15H,3,5-6,8H2,1-2,4H3/q+1. The zero-order valence-electron chi connectivity index (χ0n) is 15.2. The molecule has 2 nitrogen and oxygen atoms in total. The Morgan fingerprint density at radius 1 is 1.12 bits per heavy atom. The molecule has 0 aliphatic carbocycles. The van der Waals surface area contributed by atoms with Crippen LogP contribution >= 0.6 is 12.2 Å². The number of aromatic nitrogens is 2. The minimum atomic E-state index is -0.159. The molecule has 3 heteroatoms. The summed E-state index contributed by atoms with van der Waals surface area (Å²) in [5, 5.41) is 2.62. The summed E-state index contributed by atoms with van der Waals surface area (Å²) in [7, 11) is 0. The van der Waals surface area contributed by atoms with Gasteiger partial charge >= 0.3 is 0 Å². The molecule has 25 heavy (non-hydrogen) atoms. The summed E-state index contributed by atoms with van der Waals surface area (Å²) < 4.78 is 5.44. The van der Waals surface area contributed by atoms with E-state index in [-0.39, 0.29) is 11.0 Å². The molecule has 0 radical (unpaired) electrons. The van der Waals surface area contributed by atoms with E-state index in [0.717, 1.165) is 23.9 Å². The molecule has 0 bridgehead atoms. The van der Waals surface area contributed by atoms with Gasteiger partial charge in [0.15, 0.2) is 0 Å². The lowest BCUT2D eigenvalue weighted by Gasteiger charge is -2.49. The molecule has 2 aromatic heterocycles. The van der Waals surface area contributed by atoms with E-state index in [1.807, 2.05) is 6.07 Å². The van der Waals surface area contributed by atoms with Crippen LogP contribution in [-0.4, -0.2) is 4.40 Å². The Morgan fingerprint density at radius 3 is 2.52 bits per heavy atom. The molecule has 1 aliphatic heterocycles. The van der Waals surface area contributed by atoms with E-state index >= 15 is 0 Å². The first-order valence-corrected chi connectivity index (χ1v) is 9.64. The third-order valence-electron chi connectivity index (χ3n) is 6.64. The van der Waals surface area contributed by atoms with Crippen molar-refractivity contribution in [2.75, 3.05) is 0 Å². The van der Waals surface area contributed by atoms with Crippen LogP contribution in [0.2, 0.25) is 0 Å².